The Morgan fingerprint density at radius 2 is 1.69 bits per heavy atom. The summed E-state index contributed by atoms with van der Waals surface area (Å²) in [6.45, 7) is 9.67. The van der Waals surface area contributed by atoms with Crippen LogP contribution in [0.25, 0.3) is 0 Å². The van der Waals surface area contributed by atoms with Crippen molar-refractivity contribution in [1.82, 2.24) is 14.7 Å². The maximum absolute atomic E-state index is 12.5. The largest absolute Gasteiger partial charge is 0.464 e. The predicted octanol–water partition coefficient (Wildman–Crippen LogP) is 2.12. The van der Waals surface area contributed by atoms with E-state index in [4.69, 9.17) is 9.47 Å². The molecule has 0 radical (unpaired) electrons. The number of hydrogen-bond donors (Lipinski definition) is 0. The van der Waals surface area contributed by atoms with Gasteiger partial charge in [-0.1, -0.05) is 0 Å². The second-order valence-electron chi connectivity index (χ2n) is 9.31. The number of ether oxygens (including phenoxy) is 2. The Hall–Kier alpha value is -1.83. The van der Waals surface area contributed by atoms with Crippen LogP contribution in [0.15, 0.2) is 0 Å². The van der Waals surface area contributed by atoms with E-state index in [-0.39, 0.29) is 36.0 Å². The predicted molar refractivity (Wildman–Crippen MR) is 109 cm³/mol. The zero-order chi connectivity index (χ0) is 21.8. The van der Waals surface area contributed by atoms with Crippen molar-refractivity contribution in [3.05, 3.63) is 0 Å². The first-order valence-electron chi connectivity index (χ1n) is 10.6. The zero-order valence-electron chi connectivity index (χ0n) is 18.8. The third kappa shape index (κ3) is 6.59. The van der Waals surface area contributed by atoms with Crippen LogP contribution in [-0.2, 0) is 19.1 Å². The molecular formula is C21H37N3O5. The highest BCUT2D eigenvalue weighted by Crippen LogP contribution is 2.24. The molecule has 2 rings (SSSR count). The fraction of sp³-hybridized carbons (Fsp3) is 0.857. The molecule has 0 aromatic heterocycles. The minimum Gasteiger partial charge on any atom is -0.464 e. The summed E-state index contributed by atoms with van der Waals surface area (Å²) in [5.74, 6) is -0.605. The monoisotopic (exact) mass is 411 g/mol. The second kappa shape index (κ2) is 9.78. The Morgan fingerprint density at radius 1 is 1.07 bits per heavy atom. The molecule has 0 aliphatic carbocycles. The molecule has 0 N–H and O–H groups in total. The van der Waals surface area contributed by atoms with Crippen molar-refractivity contribution in [2.75, 3.05) is 40.3 Å². The van der Waals surface area contributed by atoms with Gasteiger partial charge in [-0.3, -0.25) is 14.5 Å². The number of urea groups is 1. The molecule has 2 amide bonds. The number of likely N-dealkylation sites (tertiary alicyclic amines) is 2. The summed E-state index contributed by atoms with van der Waals surface area (Å²) in [6, 6.07) is -0.341. The quantitative estimate of drug-likeness (QED) is 0.645. The molecule has 2 atom stereocenters. The minimum atomic E-state index is -0.518. The molecule has 0 spiro atoms. The molecule has 0 aromatic carbocycles. The number of piperidine rings is 1. The lowest BCUT2D eigenvalue weighted by atomic mass is 9.97. The van der Waals surface area contributed by atoms with Crippen molar-refractivity contribution in [3.63, 3.8) is 0 Å². The molecule has 2 unspecified atom stereocenters. The molecule has 0 saturated carbocycles. The van der Waals surface area contributed by atoms with Crippen molar-refractivity contribution in [3.8, 4) is 0 Å². The molecule has 0 bridgehead atoms. The molecule has 2 heterocycles. The SMILES string of the molecule is CC(C(=O)OC(C)(C)C)N1CCCC1COC(=O)C1CCN(C(=O)N(C)C)CC1. The summed E-state index contributed by atoms with van der Waals surface area (Å²) in [4.78, 5) is 42.3. The standard InChI is InChI=1S/C21H37N3O5/c1-15(18(25)29-21(2,3)4)24-11-7-8-17(24)14-28-19(26)16-9-12-23(13-10-16)20(27)22(5)6/h15-17H,7-14H2,1-6H3. The molecule has 2 fully saturated rings. The maximum Gasteiger partial charge on any atom is 0.323 e. The summed E-state index contributed by atoms with van der Waals surface area (Å²) < 4.78 is 11.1. The smallest absolute Gasteiger partial charge is 0.323 e. The van der Waals surface area contributed by atoms with Crippen molar-refractivity contribution >= 4 is 18.0 Å². The van der Waals surface area contributed by atoms with Gasteiger partial charge in [0.05, 0.1) is 5.92 Å². The molecule has 166 valence electrons. The van der Waals surface area contributed by atoms with Crippen LogP contribution in [0.5, 0.6) is 0 Å². The van der Waals surface area contributed by atoms with Gasteiger partial charge in [0.2, 0.25) is 0 Å². The molecule has 2 aliphatic rings. The number of carbonyl (C=O) groups excluding carboxylic acids is 3. The average molecular weight is 412 g/mol. The Balaban J connectivity index is 1.80. The topological polar surface area (TPSA) is 79.4 Å². The van der Waals surface area contributed by atoms with E-state index in [0.717, 1.165) is 19.4 Å². The summed E-state index contributed by atoms with van der Waals surface area (Å²) in [7, 11) is 3.46. The lowest BCUT2D eigenvalue weighted by Gasteiger charge is -2.33. The Kier molecular flexibility index (Phi) is 7.91. The number of carbonyl (C=O) groups is 3. The van der Waals surface area contributed by atoms with Crippen LogP contribution in [0.1, 0.15) is 53.4 Å². The van der Waals surface area contributed by atoms with E-state index < -0.39 is 5.60 Å². The van der Waals surface area contributed by atoms with E-state index in [9.17, 15) is 14.4 Å². The van der Waals surface area contributed by atoms with Gasteiger partial charge in [-0.25, -0.2) is 4.79 Å². The zero-order valence-corrected chi connectivity index (χ0v) is 18.8. The van der Waals surface area contributed by atoms with Gasteiger partial charge in [-0.2, -0.15) is 0 Å². The third-order valence-corrected chi connectivity index (χ3v) is 5.57. The fourth-order valence-corrected chi connectivity index (χ4v) is 3.95. The van der Waals surface area contributed by atoms with Gasteiger partial charge in [0, 0.05) is 33.2 Å². The maximum atomic E-state index is 12.5. The molecular weight excluding hydrogens is 374 g/mol. The van der Waals surface area contributed by atoms with Gasteiger partial charge in [0.1, 0.15) is 18.2 Å². The summed E-state index contributed by atoms with van der Waals surface area (Å²) in [5.41, 5.74) is -0.518. The van der Waals surface area contributed by atoms with Crippen LogP contribution in [0.4, 0.5) is 4.79 Å². The second-order valence-corrected chi connectivity index (χ2v) is 9.31. The van der Waals surface area contributed by atoms with Gasteiger partial charge in [-0.05, 0) is 59.9 Å². The fourth-order valence-electron chi connectivity index (χ4n) is 3.95. The van der Waals surface area contributed by atoms with Gasteiger partial charge in [0.15, 0.2) is 0 Å². The molecule has 8 heteroatoms. The summed E-state index contributed by atoms with van der Waals surface area (Å²) in [5, 5.41) is 0. The van der Waals surface area contributed by atoms with Crippen molar-refractivity contribution in [1.29, 1.82) is 0 Å². The highest BCUT2D eigenvalue weighted by atomic mass is 16.6. The van der Waals surface area contributed by atoms with E-state index in [2.05, 4.69) is 4.90 Å². The molecule has 0 aromatic rings. The lowest BCUT2D eigenvalue weighted by molar-refractivity contribution is -0.162. The Bertz CT molecular complexity index is 594. The summed E-state index contributed by atoms with van der Waals surface area (Å²) in [6.07, 6.45) is 3.12. The van der Waals surface area contributed by atoms with Gasteiger partial charge in [0.25, 0.3) is 0 Å². The summed E-state index contributed by atoms with van der Waals surface area (Å²) >= 11 is 0. The minimum absolute atomic E-state index is 0.0189. The van der Waals surface area contributed by atoms with E-state index in [0.29, 0.717) is 32.5 Å². The molecule has 29 heavy (non-hydrogen) atoms. The third-order valence-electron chi connectivity index (χ3n) is 5.57. The highest BCUT2D eigenvalue weighted by molar-refractivity contribution is 5.76. The lowest BCUT2D eigenvalue weighted by Crippen LogP contribution is -2.47. The first kappa shape index (κ1) is 23.4. The number of nitrogens with zero attached hydrogens (tertiary/aromatic N) is 3. The molecule has 8 nitrogen and oxygen atoms in total. The van der Waals surface area contributed by atoms with Crippen LogP contribution >= 0.6 is 0 Å². The van der Waals surface area contributed by atoms with Crippen LogP contribution in [0, 0.1) is 5.92 Å². The number of hydrogen-bond acceptors (Lipinski definition) is 6. The van der Waals surface area contributed by atoms with Gasteiger partial charge in [-0.15, -0.1) is 0 Å². The highest BCUT2D eigenvalue weighted by Gasteiger charge is 2.36. The van der Waals surface area contributed by atoms with E-state index >= 15 is 0 Å². The molecule has 2 saturated heterocycles. The van der Waals surface area contributed by atoms with Crippen molar-refractivity contribution in [2.24, 2.45) is 5.92 Å². The first-order chi connectivity index (χ1) is 13.5. The number of amides is 2. The van der Waals surface area contributed by atoms with E-state index in [1.807, 2.05) is 27.7 Å². The van der Waals surface area contributed by atoms with E-state index in [1.54, 1.807) is 23.9 Å². The Morgan fingerprint density at radius 3 is 2.24 bits per heavy atom. The van der Waals surface area contributed by atoms with Crippen LogP contribution < -0.4 is 0 Å². The number of esters is 2. The molecule has 2 aliphatic heterocycles. The normalized spacial score (nSPS) is 22.3. The van der Waals surface area contributed by atoms with Gasteiger partial charge >= 0.3 is 18.0 Å². The van der Waals surface area contributed by atoms with Crippen LogP contribution in [0.3, 0.4) is 0 Å². The van der Waals surface area contributed by atoms with Crippen LogP contribution in [-0.4, -0.2) is 90.7 Å². The van der Waals surface area contributed by atoms with E-state index in [1.165, 1.54) is 0 Å². The first-order valence-corrected chi connectivity index (χ1v) is 10.6. The Labute approximate surface area is 174 Å². The van der Waals surface area contributed by atoms with Crippen molar-refractivity contribution < 1.29 is 23.9 Å². The number of rotatable bonds is 5. The average Bonchev–Trinajstić information content (AvgIpc) is 3.12. The van der Waals surface area contributed by atoms with Crippen molar-refractivity contribution in [2.45, 2.75) is 71.1 Å². The van der Waals surface area contributed by atoms with Crippen LogP contribution in [0.2, 0.25) is 0 Å². The van der Waals surface area contributed by atoms with Gasteiger partial charge < -0.3 is 19.3 Å².